The van der Waals surface area contributed by atoms with Crippen LogP contribution in [0.5, 0.6) is 0 Å². The van der Waals surface area contributed by atoms with E-state index >= 15 is 0 Å². The number of carbonyl (C=O) groups is 1. The molecule has 1 saturated heterocycles. The minimum absolute atomic E-state index is 0.221. The second kappa shape index (κ2) is 5.77. The third-order valence-corrected chi connectivity index (χ3v) is 4.06. The van der Waals surface area contributed by atoms with Gasteiger partial charge in [-0.05, 0) is 31.4 Å². The third kappa shape index (κ3) is 2.74. The van der Waals surface area contributed by atoms with Gasteiger partial charge in [0.25, 0.3) is 0 Å². The molecular weight excluding hydrogens is 290 g/mol. The van der Waals surface area contributed by atoms with Crippen molar-refractivity contribution in [2.45, 2.75) is 19.3 Å². The van der Waals surface area contributed by atoms with Crippen molar-refractivity contribution in [1.29, 1.82) is 0 Å². The van der Waals surface area contributed by atoms with Gasteiger partial charge in [-0.1, -0.05) is 17.7 Å². The summed E-state index contributed by atoms with van der Waals surface area (Å²) in [5.41, 5.74) is 0.608. The first-order chi connectivity index (χ1) is 10.2. The molecule has 21 heavy (non-hydrogen) atoms. The van der Waals surface area contributed by atoms with Crippen LogP contribution in [0.1, 0.15) is 19.3 Å². The number of urea groups is 1. The van der Waals surface area contributed by atoms with E-state index in [1.54, 1.807) is 23.1 Å². The minimum atomic E-state index is -0.225. The Morgan fingerprint density at radius 1 is 1.24 bits per heavy atom. The fourth-order valence-electron chi connectivity index (χ4n) is 2.60. The number of nitrogens with zero attached hydrogens (tertiary/aromatic N) is 1. The molecule has 1 aliphatic rings. The van der Waals surface area contributed by atoms with Crippen LogP contribution in [0.2, 0.25) is 5.02 Å². The van der Waals surface area contributed by atoms with E-state index < -0.39 is 0 Å². The van der Waals surface area contributed by atoms with Crippen molar-refractivity contribution in [1.82, 2.24) is 9.88 Å². The van der Waals surface area contributed by atoms with Crippen LogP contribution in [0, 0.1) is 0 Å². The van der Waals surface area contributed by atoms with Crippen molar-refractivity contribution in [3.63, 3.8) is 0 Å². The zero-order valence-corrected chi connectivity index (χ0v) is 12.2. The molecule has 0 spiro atoms. The van der Waals surface area contributed by atoms with Gasteiger partial charge in [0.05, 0.1) is 10.5 Å². The molecule has 2 aromatic rings. The zero-order valence-electron chi connectivity index (χ0n) is 11.5. The number of hydrogen-bond acceptors (Lipinski definition) is 2. The van der Waals surface area contributed by atoms with Crippen LogP contribution < -0.4 is 10.7 Å². The molecule has 0 saturated carbocycles. The Balaban J connectivity index is 1.89. The Bertz CT molecular complexity index is 735. The molecule has 2 N–H and O–H groups in total. The highest BCUT2D eigenvalue weighted by Gasteiger charge is 2.18. The lowest BCUT2D eigenvalue weighted by molar-refractivity contribution is 0.200. The molecule has 0 aliphatic carbocycles. The van der Waals surface area contributed by atoms with Crippen LogP contribution in [0.4, 0.5) is 10.5 Å². The summed E-state index contributed by atoms with van der Waals surface area (Å²) in [5, 5.41) is 3.65. The van der Waals surface area contributed by atoms with Crippen molar-refractivity contribution in [3.8, 4) is 0 Å². The Hall–Kier alpha value is -2.01. The molecule has 1 aliphatic heterocycles. The van der Waals surface area contributed by atoms with Gasteiger partial charge in [0.15, 0.2) is 0 Å². The van der Waals surface area contributed by atoms with Crippen LogP contribution >= 0.6 is 11.6 Å². The van der Waals surface area contributed by atoms with Crippen LogP contribution in [-0.2, 0) is 0 Å². The second-order valence-electron chi connectivity index (χ2n) is 5.17. The molecule has 3 rings (SSSR count). The zero-order chi connectivity index (χ0) is 14.8. The summed E-state index contributed by atoms with van der Waals surface area (Å²) < 4.78 is 0. The first-order valence-electron chi connectivity index (χ1n) is 7.02. The van der Waals surface area contributed by atoms with Crippen molar-refractivity contribution in [2.24, 2.45) is 0 Å². The van der Waals surface area contributed by atoms with Crippen molar-refractivity contribution >= 4 is 34.2 Å². The molecule has 1 aromatic carbocycles. The van der Waals surface area contributed by atoms with E-state index in [0.29, 0.717) is 15.9 Å². The number of nitrogens with one attached hydrogen (secondary N) is 2. The number of pyridine rings is 1. The standard InChI is InChI=1S/C15H16ClN3O2/c16-11-6-4-5-10-13(11)17-9-12(14(10)20)18-15(21)19-7-2-1-3-8-19/h4-6,9H,1-3,7-8H2,(H,17,20)(H,18,21). The van der Waals surface area contributed by atoms with E-state index in [2.05, 4.69) is 10.3 Å². The molecule has 1 aromatic heterocycles. The number of amides is 2. The maximum absolute atomic E-state index is 12.4. The quantitative estimate of drug-likeness (QED) is 0.849. The minimum Gasteiger partial charge on any atom is -0.358 e. The number of piperidine rings is 1. The normalized spacial score (nSPS) is 15.2. The lowest BCUT2D eigenvalue weighted by Gasteiger charge is -2.26. The summed E-state index contributed by atoms with van der Waals surface area (Å²) in [7, 11) is 0. The Morgan fingerprint density at radius 2 is 2.00 bits per heavy atom. The molecule has 0 unspecified atom stereocenters. The van der Waals surface area contributed by atoms with Crippen LogP contribution in [0.15, 0.2) is 29.2 Å². The SMILES string of the molecule is O=C(Nc1c[nH]c2c(Cl)cccc2c1=O)N1CCCCC1. The molecule has 2 heterocycles. The predicted octanol–water partition coefficient (Wildman–Crippen LogP) is 3.20. The van der Waals surface area contributed by atoms with Crippen LogP contribution in [0.25, 0.3) is 10.9 Å². The number of benzene rings is 1. The second-order valence-corrected chi connectivity index (χ2v) is 5.58. The van der Waals surface area contributed by atoms with Gasteiger partial charge in [-0.25, -0.2) is 4.79 Å². The summed E-state index contributed by atoms with van der Waals surface area (Å²) in [6, 6.07) is 4.90. The summed E-state index contributed by atoms with van der Waals surface area (Å²) in [4.78, 5) is 29.3. The maximum Gasteiger partial charge on any atom is 0.321 e. The maximum atomic E-state index is 12.4. The summed E-state index contributed by atoms with van der Waals surface area (Å²) in [6.45, 7) is 1.48. The average molecular weight is 306 g/mol. The fraction of sp³-hybridized carbons (Fsp3) is 0.333. The van der Waals surface area contributed by atoms with Gasteiger partial charge in [0.2, 0.25) is 5.43 Å². The number of likely N-dealkylation sites (tertiary alicyclic amines) is 1. The van der Waals surface area contributed by atoms with E-state index in [0.717, 1.165) is 32.4 Å². The number of halogens is 1. The molecule has 5 nitrogen and oxygen atoms in total. The molecule has 0 radical (unpaired) electrons. The van der Waals surface area contributed by atoms with Crippen molar-refractivity contribution in [3.05, 3.63) is 39.6 Å². The number of anilines is 1. The first-order valence-corrected chi connectivity index (χ1v) is 7.40. The van der Waals surface area contributed by atoms with E-state index in [9.17, 15) is 9.59 Å². The molecule has 0 atom stereocenters. The highest BCUT2D eigenvalue weighted by molar-refractivity contribution is 6.35. The smallest absolute Gasteiger partial charge is 0.321 e. The lowest BCUT2D eigenvalue weighted by atomic mass is 10.1. The number of para-hydroxylation sites is 1. The Kier molecular flexibility index (Phi) is 3.84. The van der Waals surface area contributed by atoms with Crippen molar-refractivity contribution < 1.29 is 4.79 Å². The number of aromatic nitrogens is 1. The van der Waals surface area contributed by atoms with E-state index in [4.69, 9.17) is 11.6 Å². The lowest BCUT2D eigenvalue weighted by Crippen LogP contribution is -2.39. The fourth-order valence-corrected chi connectivity index (χ4v) is 2.83. The van der Waals surface area contributed by atoms with Gasteiger partial charge in [0.1, 0.15) is 5.69 Å². The Labute approximate surface area is 126 Å². The van der Waals surface area contributed by atoms with Gasteiger partial charge in [0, 0.05) is 24.7 Å². The molecule has 6 heteroatoms. The van der Waals surface area contributed by atoms with Crippen molar-refractivity contribution in [2.75, 3.05) is 18.4 Å². The monoisotopic (exact) mass is 305 g/mol. The highest BCUT2D eigenvalue weighted by atomic mass is 35.5. The number of aromatic amines is 1. The van der Waals surface area contributed by atoms with Gasteiger partial charge < -0.3 is 15.2 Å². The molecule has 2 amide bonds. The van der Waals surface area contributed by atoms with Gasteiger partial charge in [-0.15, -0.1) is 0 Å². The molecular formula is C15H16ClN3O2. The number of H-pyrrole nitrogens is 1. The topological polar surface area (TPSA) is 65.2 Å². The number of fused-ring (bicyclic) bond motifs is 1. The Morgan fingerprint density at radius 3 is 2.76 bits per heavy atom. The van der Waals surface area contributed by atoms with Crippen LogP contribution in [-0.4, -0.2) is 29.0 Å². The molecule has 0 bridgehead atoms. The predicted molar refractivity (Wildman–Crippen MR) is 84.0 cm³/mol. The molecule has 110 valence electrons. The highest BCUT2D eigenvalue weighted by Crippen LogP contribution is 2.20. The van der Waals surface area contributed by atoms with Gasteiger partial charge in [-0.2, -0.15) is 0 Å². The van der Waals surface area contributed by atoms with Gasteiger partial charge >= 0.3 is 6.03 Å². The third-order valence-electron chi connectivity index (χ3n) is 3.75. The van der Waals surface area contributed by atoms with Crippen LogP contribution in [0.3, 0.4) is 0 Å². The van der Waals surface area contributed by atoms with E-state index in [1.165, 1.54) is 6.20 Å². The van der Waals surface area contributed by atoms with E-state index in [1.807, 2.05) is 0 Å². The molecule has 1 fully saturated rings. The van der Waals surface area contributed by atoms with Gasteiger partial charge in [-0.3, -0.25) is 4.79 Å². The summed E-state index contributed by atoms with van der Waals surface area (Å²) in [6.07, 6.45) is 4.67. The van der Waals surface area contributed by atoms with E-state index in [-0.39, 0.29) is 17.1 Å². The average Bonchev–Trinajstić information content (AvgIpc) is 2.51. The number of carbonyl (C=O) groups excluding carboxylic acids is 1. The number of hydrogen-bond donors (Lipinski definition) is 2. The summed E-state index contributed by atoms with van der Waals surface area (Å²) in [5.74, 6) is 0. The summed E-state index contributed by atoms with van der Waals surface area (Å²) >= 11 is 6.04. The first kappa shape index (κ1) is 13.9. The largest absolute Gasteiger partial charge is 0.358 e. The number of rotatable bonds is 1.